The number of hydrogen-bond acceptors (Lipinski definition) is 30. The van der Waals surface area contributed by atoms with E-state index in [1.165, 1.54) is 0 Å². The molecule has 0 aliphatic heterocycles. The number of nitrogens with zero attached hydrogens (tertiary/aromatic N) is 21. The summed E-state index contributed by atoms with van der Waals surface area (Å²) in [6.07, 6.45) is 25.8. The van der Waals surface area contributed by atoms with Gasteiger partial charge in [0.05, 0.1) is 129 Å². The van der Waals surface area contributed by atoms with E-state index in [9.17, 15) is 0 Å². The van der Waals surface area contributed by atoms with Crippen molar-refractivity contribution in [2.24, 2.45) is 0 Å². The number of pyridine rings is 5. The van der Waals surface area contributed by atoms with Crippen molar-refractivity contribution in [2.75, 3.05) is 66.7 Å². The average Bonchev–Trinajstić information content (AvgIpc) is 1.67. The van der Waals surface area contributed by atoms with Crippen molar-refractivity contribution >= 4 is 200 Å². The predicted molar refractivity (Wildman–Crippen MR) is 510 cm³/mol. The highest BCUT2D eigenvalue weighted by Gasteiger charge is 2.15. The molecule has 15 heterocycles. The Labute approximate surface area is 758 Å². The molecule has 632 valence electrons. The third-order valence-electron chi connectivity index (χ3n) is 18.6. The first-order valence-electron chi connectivity index (χ1n) is 39.5. The molecule has 0 spiro atoms. The van der Waals surface area contributed by atoms with E-state index in [0.717, 1.165) is 167 Å². The molecule has 0 saturated carbocycles. The van der Waals surface area contributed by atoms with Gasteiger partial charge >= 0.3 is 0 Å². The molecule has 20 aromatic rings. The number of halogens is 4. The van der Waals surface area contributed by atoms with Crippen LogP contribution in [0.15, 0.2) is 293 Å². The molecule has 0 unspecified atom stereocenters. The average molecular weight is 1940 g/mol. The van der Waals surface area contributed by atoms with E-state index in [0.29, 0.717) is 73.2 Å². The highest BCUT2D eigenvalue weighted by Crippen LogP contribution is 2.30. The maximum absolute atomic E-state index is 5.90. The summed E-state index contributed by atoms with van der Waals surface area (Å²) in [7, 11) is 0. The third kappa shape index (κ3) is 23.9. The van der Waals surface area contributed by atoms with Crippen molar-refractivity contribution in [1.82, 2.24) is 124 Å². The standard InChI is InChI=1S/3C18H16BrN7.C17H14BrN7.C17H15N7/c1-11-23-15-6-5-12(8-16(15)24-11)25-18-22-10-14(19)17(26-18)21-9-13-4-2-3-7-20-13;19-14-10-23-18(26-11-24-15-5-4-12(20)9-16(15)26)25-17(14)22-8-6-13-3-1-2-7-21-13;19-14-10-22-18(25-13-4-5-15-16(9-13)24-11-23-15)26-17(14)21-8-6-12-3-1-2-7-20-12;18-13-9-21-17(24-11-4-5-14-15(7-11)23-10-22-14)25-16(13)20-8-12-3-1-2-6-19-12;1-2-7-18-13(3-1)10-20-16-6-8-19-17(24-16)23-12-4-5-14-15(9-12)22-11-21-14/h2-8,10H,9H2,1H3,(H,23,24)(H2,21,22,25,26);1-5,7,9-11H,6,8,20H2,(H,22,23,25);1-5,7,9-11H,6,8H2,(H,23,24)(H2,21,22,25,26);1-7,9-10H,8H2,(H,22,23)(H2,20,21,24,25);1-9,11H,10H2,(H,21,22)(H2,19,20,23,24). The zero-order valence-electron chi connectivity index (χ0n) is 67.4. The Bertz CT molecular complexity index is 6990. The maximum Gasteiger partial charge on any atom is 0.237 e. The van der Waals surface area contributed by atoms with E-state index >= 15 is 0 Å². The normalized spacial score (nSPS) is 10.8. The lowest BCUT2D eigenvalue weighted by Crippen LogP contribution is -2.10. The minimum Gasteiger partial charge on any atom is -0.399 e. The summed E-state index contributed by atoms with van der Waals surface area (Å²) in [6.45, 7) is 5.14. The van der Waals surface area contributed by atoms with Crippen LogP contribution >= 0.6 is 63.7 Å². The zero-order chi connectivity index (χ0) is 86.9. The molecule has 0 saturated heterocycles. The van der Waals surface area contributed by atoms with Gasteiger partial charge in [-0.1, -0.05) is 30.3 Å². The summed E-state index contributed by atoms with van der Waals surface area (Å²) in [4.78, 5) is 99.8. The molecule has 0 bridgehead atoms. The van der Waals surface area contributed by atoms with Gasteiger partial charge in [0.15, 0.2) is 0 Å². The van der Waals surface area contributed by atoms with E-state index in [1.807, 2.05) is 200 Å². The summed E-state index contributed by atoms with van der Waals surface area (Å²) in [5, 5.41) is 29.2. The van der Waals surface area contributed by atoms with E-state index in [-0.39, 0.29) is 0 Å². The molecular formula is C88H77Br4N35. The van der Waals surface area contributed by atoms with Gasteiger partial charge in [0.1, 0.15) is 41.2 Å². The van der Waals surface area contributed by atoms with Gasteiger partial charge in [-0.2, -0.15) is 24.9 Å². The van der Waals surface area contributed by atoms with Crippen LogP contribution in [0.4, 0.5) is 81.3 Å². The van der Waals surface area contributed by atoms with E-state index < -0.39 is 0 Å². The van der Waals surface area contributed by atoms with Crippen molar-refractivity contribution in [3.05, 3.63) is 328 Å². The van der Waals surface area contributed by atoms with Gasteiger partial charge < -0.3 is 73.5 Å². The van der Waals surface area contributed by atoms with Gasteiger partial charge in [-0.25, -0.2) is 49.8 Å². The number of aromatic amines is 4. The van der Waals surface area contributed by atoms with Crippen LogP contribution in [0, 0.1) is 6.92 Å². The number of rotatable bonds is 26. The molecule has 0 atom stereocenters. The van der Waals surface area contributed by atoms with Crippen LogP contribution in [0.5, 0.6) is 0 Å². The summed E-state index contributed by atoms with van der Waals surface area (Å²) in [6, 6.07) is 60.1. The highest BCUT2D eigenvalue weighted by atomic mass is 79.9. The number of aryl methyl sites for hydroxylation is 1. The Morgan fingerprint density at radius 3 is 1.18 bits per heavy atom. The maximum atomic E-state index is 5.90. The number of anilines is 14. The lowest BCUT2D eigenvalue weighted by molar-refractivity contribution is 0.918. The van der Waals surface area contributed by atoms with Crippen molar-refractivity contribution in [3.63, 3.8) is 0 Å². The molecule has 15 N–H and O–H groups in total. The number of nitrogen functional groups attached to an aromatic ring is 1. The number of H-pyrrole nitrogens is 4. The molecular weight excluding hydrogens is 1870 g/mol. The number of nitrogens with two attached hydrogens (primary N) is 1. The number of fused-ring (bicyclic) bond motifs is 5. The number of aromatic nitrogens is 25. The first kappa shape index (κ1) is 85.1. The fourth-order valence-corrected chi connectivity index (χ4v) is 13.8. The smallest absolute Gasteiger partial charge is 0.237 e. The predicted octanol–water partition coefficient (Wildman–Crippen LogP) is 18.3. The summed E-state index contributed by atoms with van der Waals surface area (Å²) < 4.78 is 5.01. The van der Waals surface area contributed by atoms with Crippen molar-refractivity contribution in [1.29, 1.82) is 0 Å². The van der Waals surface area contributed by atoms with Crippen LogP contribution in [0.1, 0.15) is 34.3 Å². The lowest BCUT2D eigenvalue weighted by Gasteiger charge is -2.10. The van der Waals surface area contributed by atoms with Crippen molar-refractivity contribution in [3.8, 4) is 5.95 Å². The van der Waals surface area contributed by atoms with Crippen LogP contribution in [-0.4, -0.2) is 137 Å². The van der Waals surface area contributed by atoms with Gasteiger partial charge in [-0.05, 0) is 228 Å². The Balaban J connectivity index is 0.000000117. The second-order valence-electron chi connectivity index (χ2n) is 27.6. The molecule has 39 heteroatoms. The molecule has 20 rings (SSSR count). The largest absolute Gasteiger partial charge is 0.399 e. The van der Waals surface area contributed by atoms with Gasteiger partial charge in [0.25, 0.3) is 0 Å². The van der Waals surface area contributed by atoms with E-state index in [1.54, 1.807) is 87.3 Å². The van der Waals surface area contributed by atoms with Crippen LogP contribution in [0.3, 0.4) is 0 Å². The first-order valence-corrected chi connectivity index (χ1v) is 42.7. The van der Waals surface area contributed by atoms with E-state index in [4.69, 9.17) is 5.73 Å². The van der Waals surface area contributed by atoms with Crippen LogP contribution in [0.25, 0.3) is 61.1 Å². The molecule has 5 aromatic carbocycles. The number of nitrogens with one attached hydrogen (secondary N) is 13. The molecule has 0 aliphatic carbocycles. The minimum atomic E-state index is 0.501. The molecule has 0 amide bonds. The summed E-state index contributed by atoms with van der Waals surface area (Å²) in [5.41, 5.74) is 24.2. The Kier molecular flexibility index (Phi) is 28.2. The quantitative estimate of drug-likeness (QED) is 0.0224. The van der Waals surface area contributed by atoms with Gasteiger partial charge in [-0.3, -0.25) is 29.5 Å². The molecule has 0 radical (unpaired) electrons. The second kappa shape index (κ2) is 42.1. The second-order valence-corrected chi connectivity index (χ2v) is 31.1. The van der Waals surface area contributed by atoms with Crippen molar-refractivity contribution < 1.29 is 0 Å². The van der Waals surface area contributed by atoms with Crippen LogP contribution < -0.4 is 53.6 Å². The van der Waals surface area contributed by atoms with Crippen molar-refractivity contribution in [2.45, 2.75) is 39.4 Å². The topological polar surface area (TPSA) is 460 Å². The fourth-order valence-electron chi connectivity index (χ4n) is 12.5. The molecule has 0 aliphatic rings. The highest BCUT2D eigenvalue weighted by molar-refractivity contribution is 9.11. The Morgan fingerprint density at radius 2 is 0.732 bits per heavy atom. The minimum absolute atomic E-state index is 0.501. The molecule has 15 aromatic heterocycles. The SMILES string of the molecule is Brc1cnc(Nc2ccc3[nH]cnc3c2)nc1NCCc1ccccn1.Brc1cnc(Nc2ccc3[nH]cnc3c2)nc1NCc1ccccn1.Cc1nc2cc(Nc3ncc(Br)c(NCc4ccccn4)n3)ccc2[nH]1.Nc1ccc2ncn(-c3ncc(Br)c(NCCc4ccccn4)n3)c2c1.c1ccc(CNc2ccnc(Nc3ccc4[nH]cnc4c3)n2)nc1. The summed E-state index contributed by atoms with van der Waals surface area (Å²) in [5.74, 6) is 7.05. The number of benzene rings is 5. The monoisotopic (exact) mass is 1940 g/mol. The Morgan fingerprint density at radius 1 is 0.331 bits per heavy atom. The van der Waals surface area contributed by atoms with Gasteiger partial charge in [0.2, 0.25) is 29.7 Å². The van der Waals surface area contributed by atoms with Crippen LogP contribution in [0.2, 0.25) is 0 Å². The first-order chi connectivity index (χ1) is 62.3. The molecule has 0 fully saturated rings. The number of hydrogen-bond donors (Lipinski definition) is 14. The number of imidazole rings is 5. The lowest BCUT2D eigenvalue weighted by atomic mass is 10.3. The van der Waals surface area contributed by atoms with Gasteiger partial charge in [-0.15, -0.1) is 0 Å². The van der Waals surface area contributed by atoms with E-state index in [2.05, 4.69) is 231 Å². The third-order valence-corrected chi connectivity index (χ3v) is 20.9. The Hall–Kier alpha value is -15.5. The summed E-state index contributed by atoms with van der Waals surface area (Å²) >= 11 is 13.9. The fraction of sp³-hybridized carbons (Fsp3) is 0.0909. The van der Waals surface area contributed by atoms with Gasteiger partial charge in [0, 0.05) is 128 Å². The zero-order valence-corrected chi connectivity index (χ0v) is 73.8. The van der Waals surface area contributed by atoms with Crippen LogP contribution in [-0.2, 0) is 32.5 Å². The molecule has 35 nitrogen and oxygen atoms in total. The molecule has 127 heavy (non-hydrogen) atoms.